The van der Waals surface area contributed by atoms with E-state index in [2.05, 4.69) is 31.0 Å². The Hall–Kier alpha value is -2.19. The second-order valence-corrected chi connectivity index (χ2v) is 8.13. The summed E-state index contributed by atoms with van der Waals surface area (Å²) in [5.74, 6) is 0.160. The highest BCUT2D eigenvalue weighted by Crippen LogP contribution is 2.18. The van der Waals surface area contributed by atoms with Gasteiger partial charge in [0, 0.05) is 28.7 Å². The number of anilines is 1. The van der Waals surface area contributed by atoms with E-state index in [-0.39, 0.29) is 10.8 Å². The van der Waals surface area contributed by atoms with Crippen LogP contribution in [0.1, 0.15) is 23.2 Å². The third kappa shape index (κ3) is 4.46. The number of nitrogens with zero attached hydrogens (tertiary/aromatic N) is 1. The molecule has 0 fully saturated rings. The number of hydrogen-bond acceptors (Lipinski definition) is 4. The summed E-state index contributed by atoms with van der Waals surface area (Å²) in [6, 6.07) is 13.1. The van der Waals surface area contributed by atoms with Crippen molar-refractivity contribution < 1.29 is 13.2 Å². The monoisotopic (exact) mass is 421 g/mol. The van der Waals surface area contributed by atoms with Gasteiger partial charge < -0.3 is 5.32 Å². The molecule has 0 aliphatic carbocycles. The van der Waals surface area contributed by atoms with Gasteiger partial charge in [0.2, 0.25) is 0 Å². The number of sulfonamides is 1. The van der Waals surface area contributed by atoms with Gasteiger partial charge >= 0.3 is 0 Å². The third-order valence-corrected chi connectivity index (χ3v) is 5.49. The normalized spacial score (nSPS) is 14.0. The van der Waals surface area contributed by atoms with Crippen molar-refractivity contribution in [3.05, 3.63) is 58.6 Å². The molecule has 1 amide bonds. The molecule has 0 aromatic heterocycles. The van der Waals surface area contributed by atoms with E-state index in [1.54, 1.807) is 30.3 Å². The van der Waals surface area contributed by atoms with Crippen LogP contribution in [0, 0.1) is 0 Å². The maximum atomic E-state index is 12.4. The number of rotatable bonds is 4. The summed E-state index contributed by atoms with van der Waals surface area (Å²) in [6.07, 6.45) is 1.47. The largest absolute Gasteiger partial charge is 0.322 e. The Labute approximate surface area is 154 Å². The molecule has 25 heavy (non-hydrogen) atoms. The van der Waals surface area contributed by atoms with Gasteiger partial charge in [0.05, 0.1) is 4.90 Å². The van der Waals surface area contributed by atoms with Gasteiger partial charge in [-0.15, -0.1) is 0 Å². The Morgan fingerprint density at radius 1 is 1.12 bits per heavy atom. The minimum absolute atomic E-state index is 0.0779. The minimum Gasteiger partial charge on any atom is -0.322 e. The van der Waals surface area contributed by atoms with Gasteiger partial charge in [-0.25, -0.2) is 8.42 Å². The standard InChI is InChI=1S/C17H16BrN3O3S/c18-13-5-1-4-12(10-13)17(22)20-14-6-2-7-15(11-14)25(23,24)21-16-8-3-9-19-16/h1-2,4-7,10-11H,3,8-9H2,(H,19,21)(H,20,22). The van der Waals surface area contributed by atoms with E-state index >= 15 is 0 Å². The smallest absolute Gasteiger partial charge is 0.262 e. The van der Waals surface area contributed by atoms with Crippen molar-refractivity contribution >= 4 is 43.4 Å². The van der Waals surface area contributed by atoms with Crippen LogP contribution in [0.25, 0.3) is 0 Å². The van der Waals surface area contributed by atoms with Gasteiger partial charge in [-0.1, -0.05) is 28.1 Å². The Morgan fingerprint density at radius 3 is 2.64 bits per heavy atom. The highest BCUT2D eigenvalue weighted by atomic mass is 79.9. The van der Waals surface area contributed by atoms with E-state index < -0.39 is 10.0 Å². The van der Waals surface area contributed by atoms with Gasteiger partial charge in [-0.3, -0.25) is 14.5 Å². The van der Waals surface area contributed by atoms with Crippen LogP contribution < -0.4 is 10.0 Å². The predicted octanol–water partition coefficient (Wildman–Crippen LogP) is 3.17. The number of carbonyl (C=O) groups excluding carboxylic acids is 1. The molecule has 2 aromatic carbocycles. The van der Waals surface area contributed by atoms with Crippen LogP contribution in [0.5, 0.6) is 0 Å². The summed E-state index contributed by atoms with van der Waals surface area (Å²) >= 11 is 3.32. The van der Waals surface area contributed by atoms with Crippen molar-refractivity contribution in [1.29, 1.82) is 0 Å². The third-order valence-electron chi connectivity index (χ3n) is 3.62. The molecule has 1 aliphatic heterocycles. The second kappa shape index (κ2) is 7.37. The van der Waals surface area contributed by atoms with Crippen molar-refractivity contribution in [2.24, 2.45) is 4.99 Å². The summed E-state index contributed by atoms with van der Waals surface area (Å²) in [4.78, 5) is 16.5. The molecule has 0 atom stereocenters. The van der Waals surface area contributed by atoms with Crippen LogP contribution in [-0.4, -0.2) is 26.7 Å². The summed E-state index contributed by atoms with van der Waals surface area (Å²) in [6.45, 7) is 0.639. The molecule has 0 unspecified atom stereocenters. The minimum atomic E-state index is -3.71. The molecular weight excluding hydrogens is 406 g/mol. The number of halogens is 1. The highest BCUT2D eigenvalue weighted by Gasteiger charge is 2.19. The predicted molar refractivity (Wildman–Crippen MR) is 100 cm³/mol. The number of amides is 1. The fourth-order valence-electron chi connectivity index (χ4n) is 2.41. The molecule has 1 aliphatic rings. The molecule has 2 N–H and O–H groups in total. The molecule has 0 radical (unpaired) electrons. The summed E-state index contributed by atoms with van der Waals surface area (Å²) < 4.78 is 28.1. The quantitative estimate of drug-likeness (QED) is 0.794. The lowest BCUT2D eigenvalue weighted by atomic mass is 10.2. The first-order valence-corrected chi connectivity index (χ1v) is 9.95. The van der Waals surface area contributed by atoms with E-state index in [0.717, 1.165) is 10.9 Å². The van der Waals surface area contributed by atoms with Crippen LogP contribution in [0.15, 0.2) is 62.9 Å². The first kappa shape index (κ1) is 17.6. The summed E-state index contributed by atoms with van der Waals surface area (Å²) in [5.41, 5.74) is 0.877. The zero-order chi connectivity index (χ0) is 17.9. The second-order valence-electron chi connectivity index (χ2n) is 5.53. The van der Waals surface area contributed by atoms with E-state index in [1.807, 2.05) is 6.07 Å². The lowest BCUT2D eigenvalue weighted by Crippen LogP contribution is -2.29. The van der Waals surface area contributed by atoms with Gasteiger partial charge in [0.15, 0.2) is 0 Å². The summed E-state index contributed by atoms with van der Waals surface area (Å²) in [5, 5.41) is 2.71. The number of benzene rings is 2. The molecule has 1 heterocycles. The number of carbonyl (C=O) groups is 1. The van der Waals surface area contributed by atoms with Gasteiger partial charge in [-0.2, -0.15) is 0 Å². The maximum absolute atomic E-state index is 12.4. The molecule has 0 saturated heterocycles. The van der Waals surface area contributed by atoms with Crippen molar-refractivity contribution in [2.75, 3.05) is 11.9 Å². The zero-order valence-corrected chi connectivity index (χ0v) is 15.6. The van der Waals surface area contributed by atoms with E-state index in [1.165, 1.54) is 12.1 Å². The molecular formula is C17H16BrN3O3S. The molecule has 8 heteroatoms. The number of hydrogen-bond donors (Lipinski definition) is 2. The van der Waals surface area contributed by atoms with Crippen LogP contribution in [-0.2, 0) is 10.0 Å². The SMILES string of the molecule is O=C(Nc1cccc(S(=O)(=O)NC2=NCCC2)c1)c1cccc(Br)c1. The fraction of sp³-hybridized carbons (Fsp3) is 0.176. The Balaban J connectivity index is 1.78. The zero-order valence-electron chi connectivity index (χ0n) is 13.2. The fourth-order valence-corrected chi connectivity index (χ4v) is 3.94. The van der Waals surface area contributed by atoms with Crippen LogP contribution in [0.3, 0.4) is 0 Å². The van der Waals surface area contributed by atoms with Crippen molar-refractivity contribution in [3.8, 4) is 0 Å². The Morgan fingerprint density at radius 2 is 1.92 bits per heavy atom. The van der Waals surface area contributed by atoms with Gasteiger partial charge in [0.25, 0.3) is 15.9 Å². The van der Waals surface area contributed by atoms with Crippen molar-refractivity contribution in [1.82, 2.24) is 4.72 Å². The number of amidine groups is 1. The highest BCUT2D eigenvalue weighted by molar-refractivity contribution is 9.10. The summed E-state index contributed by atoms with van der Waals surface area (Å²) in [7, 11) is -3.71. The molecule has 6 nitrogen and oxygen atoms in total. The van der Waals surface area contributed by atoms with E-state index in [0.29, 0.717) is 30.1 Å². The average molecular weight is 422 g/mol. The maximum Gasteiger partial charge on any atom is 0.262 e. The Bertz CT molecular complexity index is 942. The first-order valence-electron chi connectivity index (χ1n) is 7.67. The van der Waals surface area contributed by atoms with Crippen LogP contribution in [0.4, 0.5) is 5.69 Å². The lowest BCUT2D eigenvalue weighted by molar-refractivity contribution is 0.102. The van der Waals surface area contributed by atoms with Gasteiger partial charge in [-0.05, 0) is 42.8 Å². The van der Waals surface area contributed by atoms with E-state index in [4.69, 9.17) is 0 Å². The van der Waals surface area contributed by atoms with Crippen LogP contribution in [0.2, 0.25) is 0 Å². The molecule has 0 spiro atoms. The molecule has 130 valence electrons. The number of nitrogens with one attached hydrogen (secondary N) is 2. The molecule has 0 bridgehead atoms. The van der Waals surface area contributed by atoms with Gasteiger partial charge in [0.1, 0.15) is 5.84 Å². The van der Waals surface area contributed by atoms with E-state index in [9.17, 15) is 13.2 Å². The van der Waals surface area contributed by atoms with Crippen molar-refractivity contribution in [2.45, 2.75) is 17.7 Å². The molecule has 0 saturated carbocycles. The van der Waals surface area contributed by atoms with Crippen molar-refractivity contribution in [3.63, 3.8) is 0 Å². The molecule has 2 aromatic rings. The lowest BCUT2D eigenvalue weighted by Gasteiger charge is -2.10. The molecule has 3 rings (SSSR count). The number of aliphatic imine (C=N–C) groups is 1. The Kier molecular flexibility index (Phi) is 5.19. The van der Waals surface area contributed by atoms with Crippen LogP contribution >= 0.6 is 15.9 Å². The topological polar surface area (TPSA) is 87.6 Å². The first-order chi connectivity index (χ1) is 11.9. The average Bonchev–Trinajstić information content (AvgIpc) is 3.07.